The van der Waals surface area contributed by atoms with Gasteiger partial charge >= 0.3 is 5.97 Å². The number of esters is 1. The van der Waals surface area contributed by atoms with Crippen LogP contribution >= 0.6 is 0 Å². The lowest BCUT2D eigenvalue weighted by Crippen LogP contribution is -2.41. The Kier molecular flexibility index (Phi) is 6.69. The maximum Gasteiger partial charge on any atom is 0.338 e. The maximum absolute atomic E-state index is 12.5. The molecule has 3 aromatic rings. The molecule has 4 rings (SSSR count). The van der Waals surface area contributed by atoms with Crippen LogP contribution in [0.15, 0.2) is 54.6 Å². The summed E-state index contributed by atoms with van der Waals surface area (Å²) in [7, 11) is 0. The quantitative estimate of drug-likeness (QED) is 0.590. The minimum absolute atomic E-state index is 0.130. The van der Waals surface area contributed by atoms with Crippen molar-refractivity contribution in [3.8, 4) is 11.4 Å². The summed E-state index contributed by atoms with van der Waals surface area (Å²) in [5.41, 5.74) is 4.63. The first kappa shape index (κ1) is 21.8. The van der Waals surface area contributed by atoms with Crippen molar-refractivity contribution in [2.75, 3.05) is 19.7 Å². The zero-order valence-corrected chi connectivity index (χ0v) is 18.6. The number of hydrogen-bond acceptors (Lipinski definition) is 4. The van der Waals surface area contributed by atoms with E-state index in [0.717, 1.165) is 42.0 Å². The number of H-pyrrole nitrogens is 1. The molecule has 1 aliphatic rings. The van der Waals surface area contributed by atoms with E-state index in [2.05, 4.69) is 34.2 Å². The van der Waals surface area contributed by atoms with Crippen LogP contribution in [0.2, 0.25) is 0 Å². The number of hydrogen-bond donors (Lipinski definition) is 1. The SMILES string of the molecule is Cc1nc(-c2ccc(C(=O)OCC(=O)N3CCC(Cc4ccccc4)CC3)cc2)[nH]c1C. The number of ether oxygens (including phenoxy) is 1. The van der Waals surface area contributed by atoms with Crippen molar-refractivity contribution in [1.82, 2.24) is 14.9 Å². The molecular formula is C26H29N3O3. The Labute approximate surface area is 188 Å². The fraction of sp³-hybridized carbons (Fsp3) is 0.346. The van der Waals surface area contributed by atoms with Gasteiger partial charge in [0.1, 0.15) is 5.82 Å². The van der Waals surface area contributed by atoms with Crippen LogP contribution in [-0.4, -0.2) is 46.4 Å². The Morgan fingerprint density at radius 1 is 1.03 bits per heavy atom. The number of carbonyl (C=O) groups is 2. The lowest BCUT2D eigenvalue weighted by molar-refractivity contribution is -0.135. The second-order valence-corrected chi connectivity index (χ2v) is 8.46. The first-order valence-electron chi connectivity index (χ1n) is 11.1. The largest absolute Gasteiger partial charge is 0.452 e. The highest BCUT2D eigenvalue weighted by Gasteiger charge is 2.24. The summed E-state index contributed by atoms with van der Waals surface area (Å²) in [6.45, 7) is 5.12. The van der Waals surface area contributed by atoms with Gasteiger partial charge in [0.2, 0.25) is 0 Å². The molecule has 0 atom stereocenters. The number of likely N-dealkylation sites (tertiary alicyclic amines) is 1. The van der Waals surface area contributed by atoms with Crippen molar-refractivity contribution >= 4 is 11.9 Å². The molecular weight excluding hydrogens is 402 g/mol. The molecule has 2 aromatic carbocycles. The fourth-order valence-corrected chi connectivity index (χ4v) is 4.08. The maximum atomic E-state index is 12.5. The van der Waals surface area contributed by atoms with Crippen LogP contribution in [0.4, 0.5) is 0 Å². The van der Waals surface area contributed by atoms with Gasteiger partial charge in [-0.05, 0) is 56.7 Å². The topological polar surface area (TPSA) is 75.3 Å². The zero-order valence-electron chi connectivity index (χ0n) is 18.6. The van der Waals surface area contributed by atoms with Crippen LogP contribution < -0.4 is 0 Å². The van der Waals surface area contributed by atoms with Crippen molar-refractivity contribution < 1.29 is 14.3 Å². The van der Waals surface area contributed by atoms with Crippen molar-refractivity contribution in [2.24, 2.45) is 5.92 Å². The van der Waals surface area contributed by atoms with Gasteiger partial charge in [-0.25, -0.2) is 9.78 Å². The molecule has 0 bridgehead atoms. The Balaban J connectivity index is 1.24. The van der Waals surface area contributed by atoms with Crippen LogP contribution in [0.1, 0.15) is 40.2 Å². The average Bonchev–Trinajstić information content (AvgIpc) is 3.16. The number of aromatic nitrogens is 2. The lowest BCUT2D eigenvalue weighted by atomic mass is 9.90. The van der Waals surface area contributed by atoms with Gasteiger partial charge in [-0.3, -0.25) is 4.79 Å². The molecule has 2 heterocycles. The smallest absolute Gasteiger partial charge is 0.338 e. The highest BCUT2D eigenvalue weighted by molar-refractivity contribution is 5.91. The third-order valence-electron chi connectivity index (χ3n) is 6.18. The standard InChI is InChI=1S/C26H29N3O3/c1-18-19(2)28-25(27-18)22-8-10-23(11-9-22)26(31)32-17-24(30)29-14-12-21(13-15-29)16-20-6-4-3-5-7-20/h3-11,21H,12-17H2,1-2H3,(H,27,28). The highest BCUT2D eigenvalue weighted by Crippen LogP contribution is 2.22. The summed E-state index contributed by atoms with van der Waals surface area (Å²) in [4.78, 5) is 34.4. The number of imidazole rings is 1. The number of aromatic amines is 1. The summed E-state index contributed by atoms with van der Waals surface area (Å²) in [6, 6.07) is 17.5. The number of aryl methyl sites for hydroxylation is 2. The second kappa shape index (κ2) is 9.81. The first-order valence-corrected chi connectivity index (χ1v) is 11.1. The Morgan fingerprint density at radius 2 is 1.72 bits per heavy atom. The monoisotopic (exact) mass is 431 g/mol. The summed E-state index contributed by atoms with van der Waals surface area (Å²) in [6.07, 6.45) is 2.99. The van der Waals surface area contributed by atoms with Crippen LogP contribution in [-0.2, 0) is 16.0 Å². The highest BCUT2D eigenvalue weighted by atomic mass is 16.5. The van der Waals surface area contributed by atoms with Crippen LogP contribution in [0.25, 0.3) is 11.4 Å². The van der Waals surface area contributed by atoms with Gasteiger partial charge in [0, 0.05) is 24.3 Å². The normalized spacial score (nSPS) is 14.4. The molecule has 1 N–H and O–H groups in total. The van der Waals surface area contributed by atoms with Crippen molar-refractivity contribution in [3.63, 3.8) is 0 Å². The minimum atomic E-state index is -0.490. The number of nitrogens with one attached hydrogen (secondary N) is 1. The molecule has 6 heteroatoms. The van der Waals surface area contributed by atoms with E-state index in [1.165, 1.54) is 5.56 Å². The van der Waals surface area contributed by atoms with Gasteiger partial charge in [0.15, 0.2) is 6.61 Å². The molecule has 1 aliphatic heterocycles. The molecule has 1 amide bonds. The van der Waals surface area contributed by atoms with Gasteiger partial charge in [0.25, 0.3) is 5.91 Å². The predicted molar refractivity (Wildman–Crippen MR) is 123 cm³/mol. The van der Waals surface area contributed by atoms with E-state index in [9.17, 15) is 9.59 Å². The summed E-state index contributed by atoms with van der Waals surface area (Å²) >= 11 is 0. The number of amides is 1. The van der Waals surface area contributed by atoms with Gasteiger partial charge in [-0.15, -0.1) is 0 Å². The van der Waals surface area contributed by atoms with Gasteiger partial charge in [-0.1, -0.05) is 42.5 Å². The number of nitrogens with zero attached hydrogens (tertiary/aromatic N) is 2. The van der Waals surface area contributed by atoms with Crippen molar-refractivity contribution in [3.05, 3.63) is 77.1 Å². The zero-order chi connectivity index (χ0) is 22.5. The van der Waals surface area contributed by atoms with Gasteiger partial charge in [0.05, 0.1) is 11.3 Å². The first-order chi connectivity index (χ1) is 15.5. The average molecular weight is 432 g/mol. The lowest BCUT2D eigenvalue weighted by Gasteiger charge is -2.32. The van der Waals surface area contributed by atoms with E-state index in [4.69, 9.17) is 4.74 Å². The minimum Gasteiger partial charge on any atom is -0.452 e. The molecule has 6 nitrogen and oxygen atoms in total. The van der Waals surface area contributed by atoms with E-state index < -0.39 is 5.97 Å². The third-order valence-corrected chi connectivity index (χ3v) is 6.18. The van der Waals surface area contributed by atoms with E-state index in [1.807, 2.05) is 32.0 Å². The number of carbonyl (C=O) groups excluding carboxylic acids is 2. The third kappa shape index (κ3) is 5.25. The summed E-state index contributed by atoms with van der Waals surface area (Å²) < 4.78 is 5.28. The molecule has 0 spiro atoms. The van der Waals surface area contributed by atoms with E-state index in [-0.39, 0.29) is 12.5 Å². The van der Waals surface area contributed by atoms with Gasteiger partial charge in [-0.2, -0.15) is 0 Å². The Bertz CT molecular complexity index is 1050. The molecule has 0 saturated carbocycles. The second-order valence-electron chi connectivity index (χ2n) is 8.46. The number of benzene rings is 2. The van der Waals surface area contributed by atoms with E-state index in [1.54, 1.807) is 17.0 Å². The molecule has 0 unspecified atom stereocenters. The van der Waals surface area contributed by atoms with E-state index >= 15 is 0 Å². The summed E-state index contributed by atoms with van der Waals surface area (Å²) in [5.74, 6) is 0.736. The molecule has 1 saturated heterocycles. The molecule has 1 aromatic heterocycles. The predicted octanol–water partition coefficient (Wildman–Crippen LogP) is 4.33. The molecule has 0 radical (unpaired) electrons. The van der Waals surface area contributed by atoms with Crippen molar-refractivity contribution in [2.45, 2.75) is 33.1 Å². The molecule has 0 aliphatic carbocycles. The molecule has 1 fully saturated rings. The van der Waals surface area contributed by atoms with Crippen LogP contribution in [0, 0.1) is 19.8 Å². The van der Waals surface area contributed by atoms with Gasteiger partial charge < -0.3 is 14.6 Å². The molecule has 166 valence electrons. The number of piperidine rings is 1. The Hall–Kier alpha value is -3.41. The Morgan fingerprint density at radius 3 is 2.34 bits per heavy atom. The fourth-order valence-electron chi connectivity index (χ4n) is 4.08. The number of rotatable bonds is 6. The summed E-state index contributed by atoms with van der Waals surface area (Å²) in [5, 5.41) is 0. The van der Waals surface area contributed by atoms with E-state index in [0.29, 0.717) is 24.6 Å². The van der Waals surface area contributed by atoms with Crippen LogP contribution in [0.3, 0.4) is 0 Å². The molecule has 32 heavy (non-hydrogen) atoms. The van der Waals surface area contributed by atoms with Crippen LogP contribution in [0.5, 0.6) is 0 Å². The van der Waals surface area contributed by atoms with Crippen molar-refractivity contribution in [1.29, 1.82) is 0 Å².